The molecule has 0 spiro atoms. The number of ether oxygens (including phenoxy) is 1. The number of anilines is 1. The predicted molar refractivity (Wildman–Crippen MR) is 86.3 cm³/mol. The van der Waals surface area contributed by atoms with E-state index in [-0.39, 0.29) is 10.5 Å². The van der Waals surface area contributed by atoms with E-state index in [1.807, 2.05) is 0 Å². The number of hydrogen-bond acceptors (Lipinski definition) is 5. The second-order valence-corrected chi connectivity index (χ2v) is 6.82. The zero-order valence-corrected chi connectivity index (χ0v) is 13.8. The number of primary sulfonamides is 1. The summed E-state index contributed by atoms with van der Waals surface area (Å²) >= 11 is 0. The lowest BCUT2D eigenvalue weighted by atomic mass is 9.97. The molecule has 1 aromatic heterocycles. The van der Waals surface area contributed by atoms with Crippen molar-refractivity contribution in [3.63, 3.8) is 0 Å². The van der Waals surface area contributed by atoms with Crippen molar-refractivity contribution in [3.05, 3.63) is 18.2 Å². The molecule has 0 atom stereocenters. The van der Waals surface area contributed by atoms with E-state index in [2.05, 4.69) is 29.1 Å². The average molecular weight is 326 g/mol. The summed E-state index contributed by atoms with van der Waals surface area (Å²) in [6.07, 6.45) is 1.76. The van der Waals surface area contributed by atoms with Gasteiger partial charge in [-0.1, -0.05) is 13.8 Å². The lowest BCUT2D eigenvalue weighted by molar-refractivity contribution is -0.00537. The third-order valence-corrected chi connectivity index (χ3v) is 4.99. The summed E-state index contributed by atoms with van der Waals surface area (Å²) in [7, 11) is -2.02. The Morgan fingerprint density at radius 3 is 2.59 bits per heavy atom. The SMILES string of the molecule is CCC(CC)(CNc1nc2ccc(S(N)(=O)=O)cc2[nH]1)OC. The first kappa shape index (κ1) is 16.7. The van der Waals surface area contributed by atoms with E-state index in [0.29, 0.717) is 23.5 Å². The van der Waals surface area contributed by atoms with Gasteiger partial charge in [0.2, 0.25) is 16.0 Å². The largest absolute Gasteiger partial charge is 0.376 e. The molecule has 122 valence electrons. The van der Waals surface area contributed by atoms with Crippen molar-refractivity contribution in [1.29, 1.82) is 0 Å². The molecule has 0 unspecified atom stereocenters. The van der Waals surface area contributed by atoms with E-state index >= 15 is 0 Å². The zero-order chi connectivity index (χ0) is 16.4. The molecule has 22 heavy (non-hydrogen) atoms. The molecule has 0 bridgehead atoms. The summed E-state index contributed by atoms with van der Waals surface area (Å²) in [6, 6.07) is 4.55. The first-order valence-corrected chi connectivity index (χ1v) is 8.70. The molecule has 2 aromatic rings. The highest BCUT2D eigenvalue weighted by Gasteiger charge is 2.25. The molecule has 0 saturated heterocycles. The molecule has 1 heterocycles. The highest BCUT2D eigenvalue weighted by Crippen LogP contribution is 2.22. The van der Waals surface area contributed by atoms with Crippen molar-refractivity contribution in [3.8, 4) is 0 Å². The van der Waals surface area contributed by atoms with E-state index in [4.69, 9.17) is 9.88 Å². The number of nitrogens with zero attached hydrogens (tertiary/aromatic N) is 1. The summed E-state index contributed by atoms with van der Waals surface area (Å²) in [5.74, 6) is 0.574. The van der Waals surface area contributed by atoms with Gasteiger partial charge in [0.1, 0.15) is 0 Å². The molecule has 0 fully saturated rings. The fourth-order valence-corrected chi connectivity index (χ4v) is 2.89. The van der Waals surface area contributed by atoms with E-state index in [0.717, 1.165) is 12.8 Å². The van der Waals surface area contributed by atoms with Crippen LogP contribution >= 0.6 is 0 Å². The van der Waals surface area contributed by atoms with E-state index < -0.39 is 10.0 Å². The summed E-state index contributed by atoms with van der Waals surface area (Å²) in [4.78, 5) is 7.50. The Bertz CT molecular complexity index is 742. The lowest BCUT2D eigenvalue weighted by Crippen LogP contribution is -2.38. The van der Waals surface area contributed by atoms with Crippen LogP contribution in [0.15, 0.2) is 23.1 Å². The van der Waals surface area contributed by atoms with E-state index in [1.54, 1.807) is 13.2 Å². The van der Waals surface area contributed by atoms with Gasteiger partial charge in [0, 0.05) is 13.7 Å². The molecule has 7 nitrogen and oxygen atoms in total. The van der Waals surface area contributed by atoms with Gasteiger partial charge in [0.05, 0.1) is 21.5 Å². The summed E-state index contributed by atoms with van der Waals surface area (Å²) in [5.41, 5.74) is 1.04. The number of benzene rings is 1. The normalized spacial score (nSPS) is 12.7. The minimum absolute atomic E-state index is 0.0588. The standard InChI is InChI=1S/C14H22N4O3S/c1-4-14(5-2,21-3)9-16-13-17-11-7-6-10(22(15,19)20)8-12(11)18-13/h6-8H,4-5,9H2,1-3H3,(H2,15,19,20)(H2,16,17,18). The molecule has 1 aromatic carbocycles. The van der Waals surface area contributed by atoms with Crippen LogP contribution in [0.2, 0.25) is 0 Å². The lowest BCUT2D eigenvalue weighted by Gasteiger charge is -2.30. The third kappa shape index (κ3) is 3.40. The fraction of sp³-hybridized carbons (Fsp3) is 0.500. The van der Waals surface area contributed by atoms with Crippen LogP contribution in [0.5, 0.6) is 0 Å². The maximum absolute atomic E-state index is 11.4. The topological polar surface area (TPSA) is 110 Å². The number of aromatic nitrogens is 2. The Balaban J connectivity index is 2.23. The maximum Gasteiger partial charge on any atom is 0.238 e. The van der Waals surface area contributed by atoms with Crippen LogP contribution in [0.25, 0.3) is 11.0 Å². The summed E-state index contributed by atoms with van der Waals surface area (Å²) < 4.78 is 28.3. The van der Waals surface area contributed by atoms with E-state index in [1.165, 1.54) is 12.1 Å². The average Bonchev–Trinajstić information content (AvgIpc) is 2.90. The number of H-pyrrole nitrogens is 1. The van der Waals surface area contributed by atoms with Crippen LogP contribution in [-0.4, -0.2) is 37.6 Å². The number of methoxy groups -OCH3 is 1. The first-order chi connectivity index (χ1) is 10.3. The van der Waals surface area contributed by atoms with Crippen LogP contribution in [0, 0.1) is 0 Å². The smallest absolute Gasteiger partial charge is 0.238 e. The number of rotatable bonds is 7. The van der Waals surface area contributed by atoms with Crippen molar-refractivity contribution < 1.29 is 13.2 Å². The monoisotopic (exact) mass is 326 g/mol. The van der Waals surface area contributed by atoms with Crippen molar-refractivity contribution >= 4 is 27.0 Å². The molecule has 0 amide bonds. The van der Waals surface area contributed by atoms with Crippen LogP contribution in [0.1, 0.15) is 26.7 Å². The van der Waals surface area contributed by atoms with Crippen LogP contribution < -0.4 is 10.5 Å². The van der Waals surface area contributed by atoms with Gasteiger partial charge in [-0.2, -0.15) is 0 Å². The Hall–Kier alpha value is -1.64. The second kappa shape index (κ2) is 6.23. The highest BCUT2D eigenvalue weighted by atomic mass is 32.2. The van der Waals surface area contributed by atoms with E-state index in [9.17, 15) is 8.42 Å². The van der Waals surface area contributed by atoms with Gasteiger partial charge >= 0.3 is 0 Å². The molecule has 0 radical (unpaired) electrons. The van der Waals surface area contributed by atoms with Crippen molar-refractivity contribution in [2.24, 2.45) is 5.14 Å². The van der Waals surface area contributed by atoms with Crippen LogP contribution in [-0.2, 0) is 14.8 Å². The highest BCUT2D eigenvalue weighted by molar-refractivity contribution is 7.89. The van der Waals surface area contributed by atoms with Crippen molar-refractivity contribution in [2.45, 2.75) is 37.2 Å². The van der Waals surface area contributed by atoms with Gasteiger partial charge in [-0.3, -0.25) is 0 Å². The molecule has 4 N–H and O–H groups in total. The Morgan fingerprint density at radius 2 is 2.05 bits per heavy atom. The molecule has 0 aliphatic heterocycles. The molecule has 0 saturated carbocycles. The van der Waals surface area contributed by atoms with Crippen molar-refractivity contribution in [2.75, 3.05) is 19.0 Å². The van der Waals surface area contributed by atoms with Gasteiger partial charge < -0.3 is 15.0 Å². The van der Waals surface area contributed by atoms with Crippen molar-refractivity contribution in [1.82, 2.24) is 9.97 Å². The zero-order valence-electron chi connectivity index (χ0n) is 13.0. The predicted octanol–water partition coefficient (Wildman–Crippen LogP) is 1.83. The van der Waals surface area contributed by atoms with Gasteiger partial charge in [-0.15, -0.1) is 0 Å². The molecule has 0 aliphatic rings. The number of aromatic amines is 1. The van der Waals surface area contributed by atoms with Gasteiger partial charge in [-0.05, 0) is 31.0 Å². The van der Waals surface area contributed by atoms with Crippen LogP contribution in [0.3, 0.4) is 0 Å². The summed E-state index contributed by atoms with van der Waals surface area (Å²) in [5, 5.41) is 8.34. The Morgan fingerprint density at radius 1 is 1.36 bits per heavy atom. The molecular weight excluding hydrogens is 304 g/mol. The number of imidazole rings is 1. The number of hydrogen-bond donors (Lipinski definition) is 3. The maximum atomic E-state index is 11.4. The quantitative estimate of drug-likeness (QED) is 0.719. The Labute approximate surface area is 130 Å². The van der Waals surface area contributed by atoms with Gasteiger partial charge in [0.25, 0.3) is 0 Å². The molecule has 0 aliphatic carbocycles. The van der Waals surface area contributed by atoms with Gasteiger partial charge in [-0.25, -0.2) is 18.5 Å². The minimum Gasteiger partial charge on any atom is -0.376 e. The molecule has 8 heteroatoms. The van der Waals surface area contributed by atoms with Gasteiger partial charge in [0.15, 0.2) is 0 Å². The second-order valence-electron chi connectivity index (χ2n) is 5.26. The van der Waals surface area contributed by atoms with Crippen LogP contribution in [0.4, 0.5) is 5.95 Å². The number of nitrogens with one attached hydrogen (secondary N) is 2. The molecule has 2 rings (SSSR count). The first-order valence-electron chi connectivity index (χ1n) is 7.15. The number of fused-ring (bicyclic) bond motifs is 1. The number of nitrogens with two attached hydrogens (primary N) is 1. The molecular formula is C14H22N4O3S. The number of sulfonamides is 1. The third-order valence-electron chi connectivity index (χ3n) is 4.08. The fourth-order valence-electron chi connectivity index (χ4n) is 2.36. The Kier molecular flexibility index (Phi) is 4.74. The minimum atomic E-state index is -3.72. The summed E-state index contributed by atoms with van der Waals surface area (Å²) in [6.45, 7) is 4.76.